The van der Waals surface area contributed by atoms with Crippen molar-refractivity contribution >= 4 is 19.7 Å². The van der Waals surface area contributed by atoms with Crippen LogP contribution in [0.15, 0.2) is 24.2 Å². The maximum Gasteiger partial charge on any atom is 0.494 e. The standard InChI is InChI=1S/C22H28B2F6O4/c1-17(2)18(3,4)32-23(31-17)12-16(24-33-19(5,6)20(7,8)34-24)13-9-14(21(25,26)27)11-15(10-13)22(28,29)30/h9-12H,1-8H3/b16-12-. The highest BCUT2D eigenvalue weighted by Crippen LogP contribution is 2.44. The van der Waals surface area contributed by atoms with Gasteiger partial charge in [0.05, 0.1) is 33.5 Å². The minimum atomic E-state index is -5.00. The Balaban J connectivity index is 2.19. The Bertz CT molecular complexity index is 918. The molecule has 188 valence electrons. The summed E-state index contributed by atoms with van der Waals surface area (Å²) >= 11 is 0. The molecule has 0 N–H and O–H groups in total. The lowest BCUT2D eigenvalue weighted by Gasteiger charge is -2.32. The van der Waals surface area contributed by atoms with Crippen molar-refractivity contribution in [2.24, 2.45) is 0 Å². The average Bonchev–Trinajstić information content (AvgIpc) is 2.96. The van der Waals surface area contributed by atoms with Gasteiger partial charge in [-0.25, -0.2) is 0 Å². The van der Waals surface area contributed by atoms with Gasteiger partial charge in [-0.2, -0.15) is 26.3 Å². The van der Waals surface area contributed by atoms with E-state index in [0.717, 1.165) is 0 Å². The molecule has 1 aromatic carbocycles. The van der Waals surface area contributed by atoms with Gasteiger partial charge < -0.3 is 18.6 Å². The second-order valence-electron chi connectivity index (χ2n) is 10.6. The van der Waals surface area contributed by atoms with E-state index >= 15 is 0 Å². The van der Waals surface area contributed by atoms with Crippen molar-refractivity contribution in [2.45, 2.75) is 90.1 Å². The Morgan fingerprint density at radius 1 is 0.647 bits per heavy atom. The predicted molar refractivity (Wildman–Crippen MR) is 117 cm³/mol. The molecule has 3 rings (SSSR count). The predicted octanol–water partition coefficient (Wildman–Crippen LogP) is 6.37. The van der Waals surface area contributed by atoms with Crippen LogP contribution in [0.4, 0.5) is 26.3 Å². The molecule has 0 spiro atoms. The van der Waals surface area contributed by atoms with Crippen molar-refractivity contribution in [3.8, 4) is 0 Å². The molecule has 2 aliphatic rings. The summed E-state index contributed by atoms with van der Waals surface area (Å²) in [6.45, 7) is 14.0. The molecule has 2 fully saturated rings. The average molecular weight is 492 g/mol. The summed E-state index contributed by atoms with van der Waals surface area (Å²) in [6.07, 6.45) is -10.00. The van der Waals surface area contributed by atoms with Crippen molar-refractivity contribution in [3.05, 3.63) is 40.9 Å². The van der Waals surface area contributed by atoms with E-state index < -0.39 is 60.1 Å². The van der Waals surface area contributed by atoms with Gasteiger partial charge in [-0.15, -0.1) is 0 Å². The third kappa shape index (κ3) is 5.05. The van der Waals surface area contributed by atoms with E-state index in [4.69, 9.17) is 18.6 Å². The third-order valence-electron chi connectivity index (χ3n) is 7.02. The summed E-state index contributed by atoms with van der Waals surface area (Å²) in [6, 6.07) is 1.38. The van der Waals surface area contributed by atoms with E-state index in [1.54, 1.807) is 55.4 Å². The summed E-state index contributed by atoms with van der Waals surface area (Å²) in [5, 5.41) is 0. The summed E-state index contributed by atoms with van der Waals surface area (Å²) in [5.74, 6) is 1.33. The lowest BCUT2D eigenvalue weighted by molar-refractivity contribution is -0.143. The number of hydrogen-bond acceptors (Lipinski definition) is 4. The third-order valence-corrected chi connectivity index (χ3v) is 7.02. The zero-order chi connectivity index (χ0) is 26.1. The van der Waals surface area contributed by atoms with Crippen LogP contribution < -0.4 is 0 Å². The normalized spacial score (nSPS) is 24.1. The summed E-state index contributed by atoms with van der Waals surface area (Å²) in [4.78, 5) is 0. The van der Waals surface area contributed by atoms with Gasteiger partial charge in [-0.3, -0.25) is 0 Å². The topological polar surface area (TPSA) is 36.9 Å². The second kappa shape index (κ2) is 8.01. The lowest BCUT2D eigenvalue weighted by Crippen LogP contribution is -2.41. The number of hydrogen-bond donors (Lipinski definition) is 0. The molecule has 0 atom stereocenters. The fourth-order valence-corrected chi connectivity index (χ4v) is 3.51. The van der Waals surface area contributed by atoms with Gasteiger partial charge in [0.15, 0.2) is 0 Å². The number of alkyl halides is 6. The van der Waals surface area contributed by atoms with Crippen molar-refractivity contribution in [1.82, 2.24) is 0 Å². The zero-order valence-corrected chi connectivity index (χ0v) is 20.4. The van der Waals surface area contributed by atoms with Crippen LogP contribution in [0.2, 0.25) is 0 Å². The first-order valence-corrected chi connectivity index (χ1v) is 10.8. The molecule has 12 heteroatoms. The fraction of sp³-hybridized carbons (Fsp3) is 0.636. The van der Waals surface area contributed by atoms with Crippen LogP contribution in [0, 0.1) is 0 Å². The smallest absolute Gasteiger partial charge is 0.400 e. The lowest BCUT2D eigenvalue weighted by atomic mass is 9.68. The van der Waals surface area contributed by atoms with Gasteiger partial charge >= 0.3 is 26.6 Å². The van der Waals surface area contributed by atoms with E-state index in [-0.39, 0.29) is 17.1 Å². The van der Waals surface area contributed by atoms with E-state index in [2.05, 4.69) is 0 Å². The van der Waals surface area contributed by atoms with Gasteiger partial charge in [0.2, 0.25) is 0 Å². The van der Waals surface area contributed by atoms with E-state index in [0.29, 0.717) is 12.1 Å². The molecule has 0 radical (unpaired) electrons. The summed E-state index contributed by atoms with van der Waals surface area (Å²) in [7, 11) is -2.31. The van der Waals surface area contributed by atoms with E-state index in [9.17, 15) is 26.3 Å². The SMILES string of the molecule is CC1(C)OB(/C=C(\B2OC(C)(C)C(C)(C)O2)c2cc(C(F)(F)F)cc(C(F)(F)F)c2)OC1(C)C. The van der Waals surface area contributed by atoms with Gasteiger partial charge in [-0.05, 0) is 84.6 Å². The second-order valence-corrected chi connectivity index (χ2v) is 10.6. The molecular formula is C22H28B2F6O4. The molecule has 2 saturated heterocycles. The van der Waals surface area contributed by atoms with Crippen LogP contribution in [0.25, 0.3) is 5.47 Å². The Hall–Kier alpha value is -1.49. The van der Waals surface area contributed by atoms with Gasteiger partial charge in [0, 0.05) is 0 Å². The molecule has 0 unspecified atom stereocenters. The molecule has 4 nitrogen and oxygen atoms in total. The number of rotatable bonds is 3. The Labute approximate surface area is 196 Å². The maximum atomic E-state index is 13.5. The number of benzene rings is 1. The van der Waals surface area contributed by atoms with Crippen molar-refractivity contribution in [2.75, 3.05) is 0 Å². The van der Waals surface area contributed by atoms with Crippen LogP contribution in [0.3, 0.4) is 0 Å². The summed E-state index contributed by atoms with van der Waals surface area (Å²) in [5.41, 5.74) is -6.60. The minimum absolute atomic E-state index is 0.0475. The molecule has 2 aliphatic heterocycles. The van der Waals surface area contributed by atoms with Crippen LogP contribution in [0.5, 0.6) is 0 Å². The van der Waals surface area contributed by atoms with Gasteiger partial charge in [0.1, 0.15) is 0 Å². The van der Waals surface area contributed by atoms with Gasteiger partial charge in [-0.1, -0.05) is 5.98 Å². The molecule has 0 bridgehead atoms. The summed E-state index contributed by atoms with van der Waals surface area (Å²) < 4.78 is 105. The first-order valence-electron chi connectivity index (χ1n) is 10.8. The van der Waals surface area contributed by atoms with Gasteiger partial charge in [0.25, 0.3) is 0 Å². The van der Waals surface area contributed by atoms with Crippen LogP contribution in [-0.2, 0) is 31.0 Å². The maximum absolute atomic E-state index is 13.5. The van der Waals surface area contributed by atoms with Crippen LogP contribution in [-0.4, -0.2) is 36.6 Å². The first kappa shape index (κ1) is 27.1. The molecule has 2 heterocycles. The molecule has 0 saturated carbocycles. The number of halogens is 6. The molecule has 1 aromatic rings. The van der Waals surface area contributed by atoms with E-state index in [1.165, 1.54) is 5.98 Å². The molecule has 0 aliphatic carbocycles. The highest BCUT2D eigenvalue weighted by atomic mass is 19.4. The molecule has 34 heavy (non-hydrogen) atoms. The molecule has 0 amide bonds. The van der Waals surface area contributed by atoms with Crippen LogP contribution in [0.1, 0.15) is 72.1 Å². The molecular weight excluding hydrogens is 464 g/mol. The highest BCUT2D eigenvalue weighted by molar-refractivity contribution is 6.72. The van der Waals surface area contributed by atoms with Crippen molar-refractivity contribution in [3.63, 3.8) is 0 Å². The highest BCUT2D eigenvalue weighted by Gasteiger charge is 2.55. The van der Waals surface area contributed by atoms with Crippen molar-refractivity contribution in [1.29, 1.82) is 0 Å². The monoisotopic (exact) mass is 492 g/mol. The largest absolute Gasteiger partial charge is 0.494 e. The Kier molecular flexibility index (Phi) is 6.39. The fourth-order valence-electron chi connectivity index (χ4n) is 3.51. The molecule has 0 aromatic heterocycles. The van der Waals surface area contributed by atoms with Crippen LogP contribution >= 0.6 is 0 Å². The minimum Gasteiger partial charge on any atom is -0.400 e. The Morgan fingerprint density at radius 2 is 1.00 bits per heavy atom. The quantitative estimate of drug-likeness (QED) is 0.363. The first-order chi connectivity index (χ1) is 15.1. The van der Waals surface area contributed by atoms with E-state index in [1.807, 2.05) is 0 Å². The Morgan fingerprint density at radius 3 is 1.35 bits per heavy atom. The van der Waals surface area contributed by atoms with Crippen molar-refractivity contribution < 1.29 is 45.0 Å². The zero-order valence-electron chi connectivity index (χ0n) is 20.4.